The lowest BCUT2D eigenvalue weighted by Gasteiger charge is -2.13. The van der Waals surface area contributed by atoms with Gasteiger partial charge < -0.3 is 10.1 Å². The van der Waals surface area contributed by atoms with Crippen molar-refractivity contribution in [1.82, 2.24) is 5.32 Å². The minimum absolute atomic E-state index is 0.203. The predicted molar refractivity (Wildman–Crippen MR) is 80.4 cm³/mol. The van der Waals surface area contributed by atoms with Crippen molar-refractivity contribution in [3.8, 4) is 5.75 Å². The highest BCUT2D eigenvalue weighted by molar-refractivity contribution is 6.09. The quantitative estimate of drug-likeness (QED) is 0.864. The Morgan fingerprint density at radius 1 is 1.00 bits per heavy atom. The van der Waals surface area contributed by atoms with E-state index in [1.807, 2.05) is 0 Å². The lowest BCUT2D eigenvalue weighted by atomic mass is 10.0. The zero-order valence-electron chi connectivity index (χ0n) is 12.3. The van der Waals surface area contributed by atoms with Crippen molar-refractivity contribution in [2.75, 3.05) is 7.05 Å². The molecule has 1 N–H and O–H groups in total. The summed E-state index contributed by atoms with van der Waals surface area (Å²) in [4.78, 5) is 23.6. The van der Waals surface area contributed by atoms with Crippen molar-refractivity contribution >= 4 is 11.7 Å². The maximum absolute atomic E-state index is 12.9. The number of amides is 1. The Bertz CT molecular complexity index is 665. The Balaban J connectivity index is 2.10. The Morgan fingerprint density at radius 3 is 2.00 bits per heavy atom. The van der Waals surface area contributed by atoms with Crippen LogP contribution in [0, 0.1) is 5.82 Å². The van der Waals surface area contributed by atoms with Crippen LogP contribution in [0.3, 0.4) is 0 Å². The highest BCUT2D eigenvalue weighted by Crippen LogP contribution is 2.17. The van der Waals surface area contributed by atoms with Gasteiger partial charge in [0, 0.05) is 18.2 Å². The number of hydrogen-bond donors (Lipinski definition) is 1. The van der Waals surface area contributed by atoms with Gasteiger partial charge in [-0.25, -0.2) is 4.39 Å². The smallest absolute Gasteiger partial charge is 0.260 e. The Morgan fingerprint density at radius 2 is 1.50 bits per heavy atom. The number of halogens is 1. The number of carbonyl (C=O) groups is 2. The molecule has 114 valence electrons. The van der Waals surface area contributed by atoms with Crippen LogP contribution < -0.4 is 10.1 Å². The predicted octanol–water partition coefficient (Wildman–Crippen LogP) is 2.57. The van der Waals surface area contributed by atoms with Gasteiger partial charge in [0.25, 0.3) is 5.91 Å². The fraction of sp³-hybridized carbons (Fsp3) is 0.176. The topological polar surface area (TPSA) is 55.4 Å². The van der Waals surface area contributed by atoms with Gasteiger partial charge in [-0.1, -0.05) is 0 Å². The van der Waals surface area contributed by atoms with Crippen LogP contribution in [0.15, 0.2) is 48.5 Å². The molecule has 0 aliphatic carbocycles. The summed E-state index contributed by atoms with van der Waals surface area (Å²) < 4.78 is 18.3. The molecule has 5 heteroatoms. The van der Waals surface area contributed by atoms with Crippen LogP contribution in [0.1, 0.15) is 22.8 Å². The van der Waals surface area contributed by atoms with E-state index in [1.54, 1.807) is 31.2 Å². The van der Waals surface area contributed by atoms with Crippen LogP contribution in [0.25, 0.3) is 0 Å². The van der Waals surface area contributed by atoms with Crippen molar-refractivity contribution in [3.05, 3.63) is 65.5 Å². The molecule has 1 atom stereocenters. The molecule has 22 heavy (non-hydrogen) atoms. The SMILES string of the molecule is CNC(=O)C(C)Oc1ccc(C(=O)c2ccc(F)cc2)cc1. The molecule has 0 saturated heterocycles. The number of rotatable bonds is 5. The normalized spacial score (nSPS) is 11.6. The first-order valence-electron chi connectivity index (χ1n) is 6.80. The first-order valence-corrected chi connectivity index (χ1v) is 6.80. The third-order valence-corrected chi connectivity index (χ3v) is 3.15. The number of ketones is 1. The van der Waals surface area contributed by atoms with Gasteiger partial charge in [-0.05, 0) is 55.5 Å². The summed E-state index contributed by atoms with van der Waals surface area (Å²) in [6, 6.07) is 11.8. The number of hydrogen-bond acceptors (Lipinski definition) is 3. The number of benzene rings is 2. The molecular weight excluding hydrogens is 285 g/mol. The van der Waals surface area contributed by atoms with Gasteiger partial charge in [0.05, 0.1) is 0 Å². The van der Waals surface area contributed by atoms with Crippen LogP contribution in [0.2, 0.25) is 0 Å². The van der Waals surface area contributed by atoms with Crippen LogP contribution in [-0.2, 0) is 4.79 Å². The summed E-state index contributed by atoms with van der Waals surface area (Å²) in [5, 5.41) is 2.49. The molecule has 2 rings (SSSR count). The zero-order valence-corrected chi connectivity index (χ0v) is 12.3. The average molecular weight is 301 g/mol. The molecule has 0 bridgehead atoms. The van der Waals surface area contributed by atoms with Gasteiger partial charge in [0.2, 0.25) is 0 Å². The van der Waals surface area contributed by atoms with Crippen molar-refractivity contribution in [2.24, 2.45) is 0 Å². The van der Waals surface area contributed by atoms with Gasteiger partial charge >= 0.3 is 0 Å². The first kappa shape index (κ1) is 15.7. The van der Waals surface area contributed by atoms with Crippen LogP contribution in [0.4, 0.5) is 4.39 Å². The summed E-state index contributed by atoms with van der Waals surface area (Å²) in [6.07, 6.45) is -0.622. The lowest BCUT2D eigenvalue weighted by molar-refractivity contribution is -0.126. The molecule has 0 spiro atoms. The number of likely N-dealkylation sites (N-methyl/N-ethyl adjacent to an activating group) is 1. The molecule has 4 nitrogen and oxygen atoms in total. The molecule has 0 aromatic heterocycles. The standard InChI is InChI=1S/C17H16FNO3/c1-11(17(21)19-2)22-15-9-5-13(6-10-15)16(20)12-3-7-14(18)8-4-12/h3-11H,1-2H3,(H,19,21). The summed E-state index contributed by atoms with van der Waals surface area (Å²) in [7, 11) is 1.53. The van der Waals surface area contributed by atoms with E-state index < -0.39 is 6.10 Å². The molecule has 0 heterocycles. The van der Waals surface area contributed by atoms with Crippen molar-refractivity contribution in [1.29, 1.82) is 0 Å². The van der Waals surface area contributed by atoms with E-state index >= 15 is 0 Å². The van der Waals surface area contributed by atoms with Crippen LogP contribution in [0.5, 0.6) is 5.75 Å². The Labute approximate surface area is 127 Å². The molecular formula is C17H16FNO3. The van der Waals surface area contributed by atoms with E-state index in [9.17, 15) is 14.0 Å². The first-order chi connectivity index (χ1) is 10.5. The van der Waals surface area contributed by atoms with E-state index in [2.05, 4.69) is 5.32 Å². The molecule has 0 aliphatic heterocycles. The maximum Gasteiger partial charge on any atom is 0.260 e. The van der Waals surface area contributed by atoms with Crippen molar-refractivity contribution < 1.29 is 18.7 Å². The molecule has 2 aromatic rings. The fourth-order valence-electron chi connectivity index (χ4n) is 1.91. The number of carbonyl (C=O) groups excluding carboxylic acids is 2. The lowest BCUT2D eigenvalue weighted by Crippen LogP contribution is -2.33. The van der Waals surface area contributed by atoms with E-state index in [1.165, 1.54) is 31.3 Å². The molecule has 1 amide bonds. The molecule has 0 fully saturated rings. The molecule has 0 saturated carbocycles. The van der Waals surface area contributed by atoms with Gasteiger partial charge in [-0.15, -0.1) is 0 Å². The van der Waals surface area contributed by atoms with Gasteiger partial charge in [0.15, 0.2) is 11.9 Å². The van der Waals surface area contributed by atoms with Gasteiger partial charge in [-0.2, -0.15) is 0 Å². The fourth-order valence-corrected chi connectivity index (χ4v) is 1.91. The second-order valence-corrected chi connectivity index (χ2v) is 4.73. The highest BCUT2D eigenvalue weighted by Gasteiger charge is 2.13. The molecule has 1 unspecified atom stereocenters. The second kappa shape index (κ2) is 6.85. The summed E-state index contributed by atoms with van der Waals surface area (Å²) >= 11 is 0. The number of ether oxygens (including phenoxy) is 1. The van der Waals surface area contributed by atoms with Crippen molar-refractivity contribution in [2.45, 2.75) is 13.0 Å². The third kappa shape index (κ3) is 3.69. The number of nitrogens with one attached hydrogen (secondary N) is 1. The average Bonchev–Trinajstić information content (AvgIpc) is 2.54. The minimum Gasteiger partial charge on any atom is -0.481 e. The highest BCUT2D eigenvalue weighted by atomic mass is 19.1. The third-order valence-electron chi connectivity index (χ3n) is 3.15. The zero-order chi connectivity index (χ0) is 16.1. The molecule has 0 aliphatic rings. The van der Waals surface area contributed by atoms with E-state index in [4.69, 9.17) is 4.74 Å². The van der Waals surface area contributed by atoms with Crippen LogP contribution in [-0.4, -0.2) is 24.8 Å². The van der Waals surface area contributed by atoms with E-state index in [-0.39, 0.29) is 17.5 Å². The summed E-state index contributed by atoms with van der Waals surface area (Å²) in [5.74, 6) is -0.326. The molecule has 2 aromatic carbocycles. The monoisotopic (exact) mass is 301 g/mol. The summed E-state index contributed by atoms with van der Waals surface area (Å²) in [6.45, 7) is 1.64. The minimum atomic E-state index is -0.622. The van der Waals surface area contributed by atoms with E-state index in [0.717, 1.165) is 0 Å². The Hall–Kier alpha value is -2.69. The summed E-state index contributed by atoms with van der Waals surface area (Å²) in [5.41, 5.74) is 0.875. The largest absolute Gasteiger partial charge is 0.481 e. The van der Waals surface area contributed by atoms with Gasteiger partial charge in [0.1, 0.15) is 11.6 Å². The van der Waals surface area contributed by atoms with Gasteiger partial charge in [-0.3, -0.25) is 9.59 Å². The second-order valence-electron chi connectivity index (χ2n) is 4.73. The van der Waals surface area contributed by atoms with Crippen molar-refractivity contribution in [3.63, 3.8) is 0 Å². The van der Waals surface area contributed by atoms with E-state index in [0.29, 0.717) is 16.9 Å². The maximum atomic E-state index is 12.9. The molecule has 0 radical (unpaired) electrons. The van der Waals surface area contributed by atoms with Crippen LogP contribution >= 0.6 is 0 Å². The Kier molecular flexibility index (Phi) is 4.88.